The van der Waals surface area contributed by atoms with Gasteiger partial charge in [0.2, 0.25) is 11.8 Å². The van der Waals surface area contributed by atoms with Gasteiger partial charge >= 0.3 is 0 Å². The van der Waals surface area contributed by atoms with Gasteiger partial charge in [0, 0.05) is 0 Å². The molecule has 0 aromatic rings. The fraction of sp³-hybridized carbons (Fsp3) is 0.800. The Morgan fingerprint density at radius 1 is 1.27 bits per heavy atom. The number of carbonyl (C=O) groups excluding carboxylic acids is 2. The van der Waals surface area contributed by atoms with Crippen LogP contribution >= 0.6 is 0 Å². The second kappa shape index (κ2) is 5.11. The minimum Gasteiger partial charge on any atom is -0.368 e. The van der Waals surface area contributed by atoms with Crippen molar-refractivity contribution in [3.05, 3.63) is 0 Å². The van der Waals surface area contributed by atoms with Gasteiger partial charge in [-0.1, -0.05) is 20.8 Å². The van der Waals surface area contributed by atoms with Crippen LogP contribution in [-0.2, 0) is 9.59 Å². The second-order valence-corrected chi connectivity index (χ2v) is 4.72. The Kier molecular flexibility index (Phi) is 4.74. The molecule has 0 aliphatic rings. The molecule has 0 spiro atoms. The number of hydrogen-bond acceptors (Lipinski definition) is 3. The highest BCUT2D eigenvalue weighted by Crippen LogP contribution is 2.18. The van der Waals surface area contributed by atoms with Crippen molar-refractivity contribution in [2.24, 2.45) is 11.1 Å². The number of nitrogens with one attached hydrogen (secondary N) is 2. The van der Waals surface area contributed by atoms with Crippen LogP contribution < -0.4 is 16.4 Å². The zero-order valence-corrected chi connectivity index (χ0v) is 10.0. The lowest BCUT2D eigenvalue weighted by atomic mass is 9.86. The summed E-state index contributed by atoms with van der Waals surface area (Å²) in [5.74, 6) is -0.740. The SMILES string of the molecule is CN[C@@H](C)C(=O)NC(C(N)=O)C(C)(C)C. The van der Waals surface area contributed by atoms with Gasteiger partial charge in [0.15, 0.2) is 0 Å². The molecule has 5 nitrogen and oxygen atoms in total. The maximum absolute atomic E-state index is 11.6. The average Bonchev–Trinajstić information content (AvgIpc) is 2.09. The third-order valence-electron chi connectivity index (χ3n) is 2.26. The van der Waals surface area contributed by atoms with Crippen molar-refractivity contribution in [2.75, 3.05) is 7.05 Å². The standard InChI is InChI=1S/C10H21N3O2/c1-6(12-5)9(15)13-7(8(11)14)10(2,3)4/h6-7,12H,1-5H3,(H2,11,14)(H,13,15)/t6-,7?/m0/s1. The summed E-state index contributed by atoms with van der Waals surface area (Å²) in [5, 5.41) is 5.43. The predicted molar refractivity (Wildman–Crippen MR) is 59.1 cm³/mol. The topological polar surface area (TPSA) is 84.2 Å². The molecule has 0 saturated carbocycles. The van der Waals surface area contributed by atoms with Gasteiger partial charge in [-0.25, -0.2) is 0 Å². The molecule has 4 N–H and O–H groups in total. The second-order valence-electron chi connectivity index (χ2n) is 4.72. The summed E-state index contributed by atoms with van der Waals surface area (Å²) < 4.78 is 0. The predicted octanol–water partition coefficient (Wildman–Crippen LogP) is -0.389. The lowest BCUT2D eigenvalue weighted by molar-refractivity contribution is -0.130. The summed E-state index contributed by atoms with van der Waals surface area (Å²) in [7, 11) is 1.68. The summed E-state index contributed by atoms with van der Waals surface area (Å²) in [6.45, 7) is 7.28. The molecule has 88 valence electrons. The van der Waals surface area contributed by atoms with E-state index in [9.17, 15) is 9.59 Å². The van der Waals surface area contributed by atoms with Crippen LogP contribution in [0.5, 0.6) is 0 Å². The van der Waals surface area contributed by atoms with Gasteiger partial charge in [0.25, 0.3) is 0 Å². The molecular weight excluding hydrogens is 194 g/mol. The highest BCUT2D eigenvalue weighted by molar-refractivity contribution is 5.89. The minimum atomic E-state index is -0.652. The number of likely N-dealkylation sites (N-methyl/N-ethyl adjacent to an activating group) is 1. The molecule has 0 aromatic heterocycles. The Morgan fingerprint density at radius 3 is 2.00 bits per heavy atom. The van der Waals surface area contributed by atoms with Gasteiger partial charge < -0.3 is 16.4 Å². The molecule has 0 radical (unpaired) electrons. The van der Waals surface area contributed by atoms with E-state index >= 15 is 0 Å². The molecule has 0 fully saturated rings. The third kappa shape index (κ3) is 4.29. The molecule has 0 rings (SSSR count). The molecule has 1 unspecified atom stereocenters. The lowest BCUT2D eigenvalue weighted by Gasteiger charge is -2.29. The Bertz CT molecular complexity index is 246. The van der Waals surface area contributed by atoms with Gasteiger partial charge in [-0.3, -0.25) is 9.59 Å². The molecule has 15 heavy (non-hydrogen) atoms. The fourth-order valence-corrected chi connectivity index (χ4v) is 1.11. The zero-order chi connectivity index (χ0) is 12.2. The molecule has 5 heteroatoms. The Labute approximate surface area is 90.8 Å². The Morgan fingerprint density at radius 2 is 1.73 bits per heavy atom. The van der Waals surface area contributed by atoms with E-state index in [1.807, 2.05) is 20.8 Å². The van der Waals surface area contributed by atoms with Crippen molar-refractivity contribution in [3.63, 3.8) is 0 Å². The summed E-state index contributed by atoms with van der Waals surface area (Å²) >= 11 is 0. The maximum Gasteiger partial charge on any atom is 0.240 e. The van der Waals surface area contributed by atoms with E-state index in [2.05, 4.69) is 10.6 Å². The number of primary amides is 1. The first-order chi connectivity index (χ1) is 6.70. The van der Waals surface area contributed by atoms with Gasteiger partial charge in [-0.15, -0.1) is 0 Å². The first-order valence-electron chi connectivity index (χ1n) is 4.97. The first-order valence-corrected chi connectivity index (χ1v) is 4.97. The number of amides is 2. The van der Waals surface area contributed by atoms with Crippen LogP contribution in [-0.4, -0.2) is 30.9 Å². The zero-order valence-electron chi connectivity index (χ0n) is 10.0. The van der Waals surface area contributed by atoms with Gasteiger partial charge in [-0.05, 0) is 19.4 Å². The van der Waals surface area contributed by atoms with E-state index in [4.69, 9.17) is 5.73 Å². The number of rotatable bonds is 4. The van der Waals surface area contributed by atoms with E-state index in [0.29, 0.717) is 0 Å². The quantitative estimate of drug-likeness (QED) is 0.597. The highest BCUT2D eigenvalue weighted by Gasteiger charge is 2.31. The molecule has 0 saturated heterocycles. The van der Waals surface area contributed by atoms with Crippen LogP contribution in [0.1, 0.15) is 27.7 Å². The van der Waals surface area contributed by atoms with E-state index < -0.39 is 11.9 Å². The van der Waals surface area contributed by atoms with Gasteiger partial charge in [0.05, 0.1) is 6.04 Å². The van der Waals surface area contributed by atoms with Crippen LogP contribution in [0.2, 0.25) is 0 Å². The average molecular weight is 215 g/mol. The number of hydrogen-bond donors (Lipinski definition) is 3. The largest absolute Gasteiger partial charge is 0.368 e. The molecule has 2 amide bonds. The third-order valence-corrected chi connectivity index (χ3v) is 2.26. The normalized spacial score (nSPS) is 15.5. The summed E-state index contributed by atoms with van der Waals surface area (Å²) in [6.07, 6.45) is 0. The van der Waals surface area contributed by atoms with Crippen molar-refractivity contribution in [2.45, 2.75) is 39.8 Å². The van der Waals surface area contributed by atoms with E-state index in [1.165, 1.54) is 0 Å². The summed E-state index contributed by atoms with van der Waals surface area (Å²) in [4.78, 5) is 22.7. The van der Waals surface area contributed by atoms with Crippen molar-refractivity contribution >= 4 is 11.8 Å². The molecular formula is C10H21N3O2. The summed E-state index contributed by atoms with van der Waals surface area (Å²) in [5.41, 5.74) is 4.86. The number of nitrogens with two attached hydrogens (primary N) is 1. The molecule has 0 bridgehead atoms. The fourth-order valence-electron chi connectivity index (χ4n) is 1.11. The van der Waals surface area contributed by atoms with Crippen LogP contribution in [0.15, 0.2) is 0 Å². The van der Waals surface area contributed by atoms with E-state index in [-0.39, 0.29) is 17.4 Å². The number of carbonyl (C=O) groups is 2. The first kappa shape index (κ1) is 13.9. The molecule has 0 aliphatic heterocycles. The lowest BCUT2D eigenvalue weighted by Crippen LogP contribution is -2.55. The highest BCUT2D eigenvalue weighted by atomic mass is 16.2. The monoisotopic (exact) mass is 215 g/mol. The van der Waals surface area contributed by atoms with Crippen molar-refractivity contribution in [1.82, 2.24) is 10.6 Å². The van der Waals surface area contributed by atoms with Crippen LogP contribution in [0.25, 0.3) is 0 Å². The van der Waals surface area contributed by atoms with E-state index in [1.54, 1.807) is 14.0 Å². The van der Waals surface area contributed by atoms with Crippen molar-refractivity contribution in [3.8, 4) is 0 Å². The van der Waals surface area contributed by atoms with Crippen LogP contribution in [0, 0.1) is 5.41 Å². The molecule has 0 aliphatic carbocycles. The van der Waals surface area contributed by atoms with Crippen molar-refractivity contribution in [1.29, 1.82) is 0 Å². The molecule has 2 atom stereocenters. The van der Waals surface area contributed by atoms with Gasteiger partial charge in [0.1, 0.15) is 6.04 Å². The van der Waals surface area contributed by atoms with E-state index in [0.717, 1.165) is 0 Å². The molecule has 0 aromatic carbocycles. The summed E-state index contributed by atoms with van der Waals surface area (Å²) in [6, 6.07) is -0.991. The Hall–Kier alpha value is -1.10. The van der Waals surface area contributed by atoms with Crippen LogP contribution in [0.4, 0.5) is 0 Å². The maximum atomic E-state index is 11.6. The molecule has 0 heterocycles. The minimum absolute atomic E-state index is 0.226. The smallest absolute Gasteiger partial charge is 0.240 e. The van der Waals surface area contributed by atoms with Crippen molar-refractivity contribution < 1.29 is 9.59 Å². The van der Waals surface area contributed by atoms with Gasteiger partial charge in [-0.2, -0.15) is 0 Å². The Balaban J connectivity index is 4.58. The van der Waals surface area contributed by atoms with Crippen LogP contribution in [0.3, 0.4) is 0 Å².